The Labute approximate surface area is 194 Å². The zero-order chi connectivity index (χ0) is 23.8. The Kier molecular flexibility index (Phi) is 7.63. The molecule has 0 heterocycles. The number of rotatable bonds is 8. The second kappa shape index (κ2) is 10.8. The van der Waals surface area contributed by atoms with E-state index in [-0.39, 0.29) is 22.0 Å². The molecule has 1 amide bonds. The van der Waals surface area contributed by atoms with Gasteiger partial charge in [0.15, 0.2) is 11.5 Å². The summed E-state index contributed by atoms with van der Waals surface area (Å²) in [5, 5.41) is 23.0. The molecule has 0 atom stereocenters. The van der Waals surface area contributed by atoms with Crippen LogP contribution in [0.25, 0.3) is 6.08 Å². The molecule has 9 heteroatoms. The van der Waals surface area contributed by atoms with Gasteiger partial charge in [-0.05, 0) is 35.4 Å². The van der Waals surface area contributed by atoms with Crippen molar-refractivity contribution in [2.75, 3.05) is 12.4 Å². The number of nitriles is 1. The van der Waals surface area contributed by atoms with Gasteiger partial charge in [0, 0.05) is 12.1 Å². The highest BCUT2D eigenvalue weighted by Crippen LogP contribution is 2.30. The summed E-state index contributed by atoms with van der Waals surface area (Å²) in [5.74, 6) is 0.173. The predicted octanol–water partition coefficient (Wildman–Crippen LogP) is 5.38. The Morgan fingerprint density at radius 2 is 1.91 bits per heavy atom. The molecule has 0 aliphatic rings. The standard InChI is InChI=1S/C24H18ClN3O5/c1-32-23-12-17(7-10-22(23)33-15-16-5-3-2-4-6-16)11-18(14-26)24(29)27-21-13-19(28(30)31)8-9-20(21)25/h2-13H,15H2,1H3,(H,27,29)/b18-11+. The number of nitro groups is 1. The zero-order valence-corrected chi connectivity index (χ0v) is 18.2. The molecule has 0 radical (unpaired) electrons. The van der Waals surface area contributed by atoms with E-state index in [0.717, 1.165) is 11.6 Å². The molecule has 33 heavy (non-hydrogen) atoms. The Morgan fingerprint density at radius 1 is 1.15 bits per heavy atom. The number of methoxy groups -OCH3 is 1. The number of halogens is 1. The summed E-state index contributed by atoms with van der Waals surface area (Å²) in [6.45, 7) is 0.349. The van der Waals surface area contributed by atoms with Crippen LogP contribution in [0.1, 0.15) is 11.1 Å². The molecule has 0 aliphatic heterocycles. The van der Waals surface area contributed by atoms with Crippen molar-refractivity contribution in [2.24, 2.45) is 0 Å². The van der Waals surface area contributed by atoms with Gasteiger partial charge in [0.1, 0.15) is 18.2 Å². The molecule has 0 bridgehead atoms. The summed E-state index contributed by atoms with van der Waals surface area (Å²) in [6, 6.07) is 20.1. The minimum Gasteiger partial charge on any atom is -0.493 e. The lowest BCUT2D eigenvalue weighted by molar-refractivity contribution is -0.384. The fraction of sp³-hybridized carbons (Fsp3) is 0.0833. The summed E-state index contributed by atoms with van der Waals surface area (Å²) in [4.78, 5) is 22.9. The maximum atomic E-state index is 12.6. The topological polar surface area (TPSA) is 114 Å². The quantitative estimate of drug-likeness (QED) is 0.207. The molecule has 166 valence electrons. The van der Waals surface area contributed by atoms with Crippen LogP contribution in [0, 0.1) is 21.4 Å². The number of nitrogens with zero attached hydrogens (tertiary/aromatic N) is 2. The third kappa shape index (κ3) is 6.09. The molecule has 8 nitrogen and oxygen atoms in total. The molecule has 0 fully saturated rings. The van der Waals surface area contributed by atoms with Crippen LogP contribution in [0.15, 0.2) is 72.3 Å². The van der Waals surface area contributed by atoms with Crippen molar-refractivity contribution in [2.45, 2.75) is 6.61 Å². The SMILES string of the molecule is COc1cc(/C=C(\C#N)C(=O)Nc2cc([N+](=O)[O-])ccc2Cl)ccc1OCc1ccccc1. The molecule has 0 aromatic heterocycles. The number of hydrogen-bond donors (Lipinski definition) is 1. The first kappa shape index (κ1) is 23.3. The van der Waals surface area contributed by atoms with Crippen molar-refractivity contribution in [3.05, 3.63) is 98.6 Å². The first-order chi connectivity index (χ1) is 15.9. The molecular weight excluding hydrogens is 446 g/mol. The lowest BCUT2D eigenvalue weighted by atomic mass is 10.1. The number of carbonyl (C=O) groups excluding carboxylic acids is 1. The number of nitro benzene ring substituents is 1. The van der Waals surface area contributed by atoms with E-state index >= 15 is 0 Å². The van der Waals surface area contributed by atoms with Gasteiger partial charge < -0.3 is 14.8 Å². The van der Waals surface area contributed by atoms with E-state index in [1.807, 2.05) is 36.4 Å². The Balaban J connectivity index is 1.79. The average molecular weight is 464 g/mol. The fourth-order valence-corrected chi connectivity index (χ4v) is 3.02. The summed E-state index contributed by atoms with van der Waals surface area (Å²) in [5.41, 5.74) is 1.08. The van der Waals surface area contributed by atoms with E-state index in [9.17, 15) is 20.2 Å². The fourth-order valence-electron chi connectivity index (χ4n) is 2.86. The normalized spacial score (nSPS) is 10.8. The lowest BCUT2D eigenvalue weighted by Gasteiger charge is -2.12. The zero-order valence-electron chi connectivity index (χ0n) is 17.4. The van der Waals surface area contributed by atoms with E-state index in [1.165, 1.54) is 25.3 Å². The monoisotopic (exact) mass is 463 g/mol. The van der Waals surface area contributed by atoms with Crippen molar-refractivity contribution in [1.82, 2.24) is 0 Å². The maximum absolute atomic E-state index is 12.6. The maximum Gasteiger partial charge on any atom is 0.271 e. The van der Waals surface area contributed by atoms with E-state index in [0.29, 0.717) is 23.7 Å². The van der Waals surface area contributed by atoms with Crippen LogP contribution in [0.4, 0.5) is 11.4 Å². The Morgan fingerprint density at radius 3 is 2.58 bits per heavy atom. The van der Waals surface area contributed by atoms with Crippen molar-refractivity contribution >= 4 is 35.0 Å². The molecule has 3 aromatic carbocycles. The van der Waals surface area contributed by atoms with Crippen LogP contribution in [-0.2, 0) is 11.4 Å². The molecule has 0 aliphatic carbocycles. The summed E-state index contributed by atoms with van der Waals surface area (Å²) in [6.07, 6.45) is 1.37. The first-order valence-electron chi connectivity index (χ1n) is 9.63. The summed E-state index contributed by atoms with van der Waals surface area (Å²) in [7, 11) is 1.49. The number of non-ortho nitro benzene ring substituents is 1. The van der Waals surface area contributed by atoms with Gasteiger partial charge in [-0.1, -0.05) is 48.0 Å². The van der Waals surface area contributed by atoms with Gasteiger partial charge in [0.2, 0.25) is 0 Å². The largest absolute Gasteiger partial charge is 0.493 e. The van der Waals surface area contributed by atoms with Gasteiger partial charge in [0.25, 0.3) is 11.6 Å². The van der Waals surface area contributed by atoms with Crippen molar-refractivity contribution in [3.8, 4) is 17.6 Å². The van der Waals surface area contributed by atoms with Gasteiger partial charge in [-0.3, -0.25) is 14.9 Å². The minimum absolute atomic E-state index is 0.0271. The number of carbonyl (C=O) groups is 1. The molecule has 0 unspecified atom stereocenters. The molecule has 0 saturated heterocycles. The molecule has 0 spiro atoms. The second-order valence-corrected chi connectivity index (χ2v) is 7.14. The van der Waals surface area contributed by atoms with Crippen molar-refractivity contribution in [3.63, 3.8) is 0 Å². The highest BCUT2D eigenvalue weighted by molar-refractivity contribution is 6.34. The van der Waals surface area contributed by atoms with Crippen molar-refractivity contribution < 1.29 is 19.2 Å². The third-order valence-corrected chi connectivity index (χ3v) is 4.84. The highest BCUT2D eigenvalue weighted by atomic mass is 35.5. The van der Waals surface area contributed by atoms with Gasteiger partial charge in [-0.25, -0.2) is 0 Å². The lowest BCUT2D eigenvalue weighted by Crippen LogP contribution is -2.14. The number of benzene rings is 3. The molecule has 3 rings (SSSR count). The Hall–Kier alpha value is -4.35. The molecular formula is C24H18ClN3O5. The van der Waals surface area contributed by atoms with Crippen LogP contribution < -0.4 is 14.8 Å². The number of amides is 1. The molecule has 3 aromatic rings. The summed E-state index contributed by atoms with van der Waals surface area (Å²) >= 11 is 6.01. The van der Waals surface area contributed by atoms with Gasteiger partial charge in [-0.2, -0.15) is 5.26 Å². The van der Waals surface area contributed by atoms with Crippen molar-refractivity contribution in [1.29, 1.82) is 5.26 Å². The number of anilines is 1. The number of nitrogens with one attached hydrogen (secondary N) is 1. The van der Waals surface area contributed by atoms with Crippen LogP contribution in [0.3, 0.4) is 0 Å². The molecule has 1 N–H and O–H groups in total. The number of ether oxygens (including phenoxy) is 2. The van der Waals surface area contributed by atoms with Crippen LogP contribution in [0.2, 0.25) is 5.02 Å². The van der Waals surface area contributed by atoms with E-state index in [1.54, 1.807) is 18.2 Å². The highest BCUT2D eigenvalue weighted by Gasteiger charge is 2.15. The Bertz CT molecular complexity index is 1250. The van der Waals surface area contributed by atoms with E-state index in [4.69, 9.17) is 21.1 Å². The van der Waals surface area contributed by atoms with Crippen LogP contribution in [0.5, 0.6) is 11.5 Å². The summed E-state index contributed by atoms with van der Waals surface area (Å²) < 4.78 is 11.2. The van der Waals surface area contributed by atoms with E-state index in [2.05, 4.69) is 5.32 Å². The smallest absolute Gasteiger partial charge is 0.271 e. The minimum atomic E-state index is -0.761. The number of hydrogen-bond acceptors (Lipinski definition) is 6. The molecule has 0 saturated carbocycles. The van der Waals surface area contributed by atoms with E-state index < -0.39 is 10.8 Å². The van der Waals surface area contributed by atoms with Crippen LogP contribution >= 0.6 is 11.6 Å². The van der Waals surface area contributed by atoms with Gasteiger partial charge in [0.05, 0.1) is 22.7 Å². The van der Waals surface area contributed by atoms with Gasteiger partial charge in [-0.15, -0.1) is 0 Å². The second-order valence-electron chi connectivity index (χ2n) is 6.73. The van der Waals surface area contributed by atoms with Crippen LogP contribution in [-0.4, -0.2) is 17.9 Å². The predicted molar refractivity (Wildman–Crippen MR) is 124 cm³/mol. The van der Waals surface area contributed by atoms with Gasteiger partial charge >= 0.3 is 0 Å². The first-order valence-corrected chi connectivity index (χ1v) is 10.0. The third-order valence-electron chi connectivity index (χ3n) is 4.51. The average Bonchev–Trinajstić information content (AvgIpc) is 2.83.